The molecule has 4 aromatic rings. The number of hydrogen-bond donors (Lipinski definition) is 1. The van der Waals surface area contributed by atoms with Crippen LogP contribution in [-0.2, 0) is 33.8 Å². The summed E-state index contributed by atoms with van der Waals surface area (Å²) in [5.41, 5.74) is 6.80. The van der Waals surface area contributed by atoms with E-state index in [-0.39, 0.29) is 29.9 Å². The molecular formula is C29H24F3N3O4S. The number of para-hydroxylation sites is 1. The molecule has 2 N–H and O–H groups in total. The van der Waals surface area contributed by atoms with Gasteiger partial charge in [0, 0.05) is 25.2 Å². The van der Waals surface area contributed by atoms with Crippen LogP contribution in [0.3, 0.4) is 0 Å². The molecule has 0 aliphatic carbocycles. The van der Waals surface area contributed by atoms with Gasteiger partial charge in [-0.25, -0.2) is 8.42 Å². The molecule has 1 aliphatic rings. The first-order chi connectivity index (χ1) is 19.1. The van der Waals surface area contributed by atoms with Gasteiger partial charge in [-0.2, -0.15) is 13.2 Å². The molecule has 11 heteroatoms. The quantitative estimate of drug-likeness (QED) is 0.323. The number of pyridine rings is 1. The summed E-state index contributed by atoms with van der Waals surface area (Å²) in [6, 6.07) is 18.1. The number of nitrogens with zero attached hydrogens (tertiary/aromatic N) is 2. The molecule has 0 radical (unpaired) electrons. The number of rotatable bonds is 8. The van der Waals surface area contributed by atoms with E-state index in [1.54, 1.807) is 54.9 Å². The van der Waals surface area contributed by atoms with Gasteiger partial charge in [0.25, 0.3) is 10.0 Å². The Labute approximate surface area is 229 Å². The fraction of sp³-hybridized carbons (Fsp3) is 0.172. The van der Waals surface area contributed by atoms with Crippen molar-refractivity contribution in [3.63, 3.8) is 0 Å². The number of anilines is 1. The number of carbonyl (C=O) groups is 1. The summed E-state index contributed by atoms with van der Waals surface area (Å²) in [5, 5.41) is 0. The molecule has 1 atom stereocenters. The van der Waals surface area contributed by atoms with Gasteiger partial charge in [0.2, 0.25) is 5.91 Å². The Hall–Kier alpha value is -4.38. The molecule has 1 aliphatic heterocycles. The Morgan fingerprint density at radius 3 is 2.42 bits per heavy atom. The van der Waals surface area contributed by atoms with E-state index in [9.17, 15) is 26.4 Å². The van der Waals surface area contributed by atoms with Crippen molar-refractivity contribution in [1.82, 2.24) is 4.98 Å². The summed E-state index contributed by atoms with van der Waals surface area (Å²) in [4.78, 5) is 16.2. The first-order valence-electron chi connectivity index (χ1n) is 12.3. The Morgan fingerprint density at radius 2 is 1.70 bits per heavy atom. The SMILES string of the molecule is NC(=O)[C@@H]1Cc2ccccc2N1S(=O)(=O)c1ccc(-c2cccc(C(F)(F)F)c2)cc1CCOc1ccncc1. The van der Waals surface area contributed by atoms with Crippen LogP contribution in [0.1, 0.15) is 16.7 Å². The Kier molecular flexibility index (Phi) is 7.24. The van der Waals surface area contributed by atoms with Gasteiger partial charge < -0.3 is 10.5 Å². The Morgan fingerprint density at radius 1 is 0.975 bits per heavy atom. The predicted octanol–water partition coefficient (Wildman–Crippen LogP) is 4.99. The third-order valence-corrected chi connectivity index (χ3v) is 8.59. The zero-order chi connectivity index (χ0) is 28.5. The minimum Gasteiger partial charge on any atom is -0.493 e. The summed E-state index contributed by atoms with van der Waals surface area (Å²) in [5.74, 6) is -0.265. The van der Waals surface area contributed by atoms with Gasteiger partial charge in [-0.15, -0.1) is 0 Å². The average Bonchev–Trinajstić information content (AvgIpc) is 3.34. The average molecular weight is 568 g/mol. The van der Waals surface area contributed by atoms with Crippen LogP contribution in [0, 0.1) is 0 Å². The molecule has 0 saturated carbocycles. The van der Waals surface area contributed by atoms with E-state index in [0.717, 1.165) is 16.4 Å². The Balaban J connectivity index is 1.58. The number of primary amides is 1. The molecule has 0 unspecified atom stereocenters. The molecule has 1 aromatic heterocycles. The maximum Gasteiger partial charge on any atom is 0.416 e. The van der Waals surface area contributed by atoms with Crippen molar-refractivity contribution in [2.75, 3.05) is 10.9 Å². The number of sulfonamides is 1. The molecule has 40 heavy (non-hydrogen) atoms. The molecule has 206 valence electrons. The summed E-state index contributed by atoms with van der Waals surface area (Å²) in [6.07, 6.45) is -1.19. The third kappa shape index (κ3) is 5.37. The van der Waals surface area contributed by atoms with Crippen molar-refractivity contribution in [3.05, 3.63) is 108 Å². The van der Waals surface area contributed by atoms with Gasteiger partial charge in [0.15, 0.2) is 0 Å². The summed E-state index contributed by atoms with van der Waals surface area (Å²) in [6.45, 7) is 0.0778. The normalized spacial score (nSPS) is 15.1. The second-order valence-electron chi connectivity index (χ2n) is 9.23. The number of halogens is 3. The van der Waals surface area contributed by atoms with E-state index in [1.807, 2.05) is 0 Å². The molecule has 1 amide bonds. The first kappa shape index (κ1) is 27.2. The number of ether oxygens (including phenoxy) is 1. The van der Waals surface area contributed by atoms with Crippen LogP contribution in [0.25, 0.3) is 11.1 Å². The van der Waals surface area contributed by atoms with Crippen molar-refractivity contribution in [1.29, 1.82) is 0 Å². The summed E-state index contributed by atoms with van der Waals surface area (Å²) >= 11 is 0. The van der Waals surface area contributed by atoms with Gasteiger partial charge >= 0.3 is 6.18 Å². The monoisotopic (exact) mass is 567 g/mol. The zero-order valence-electron chi connectivity index (χ0n) is 21.0. The predicted molar refractivity (Wildman–Crippen MR) is 143 cm³/mol. The molecule has 7 nitrogen and oxygen atoms in total. The highest BCUT2D eigenvalue weighted by atomic mass is 32.2. The van der Waals surface area contributed by atoms with Gasteiger partial charge in [0.05, 0.1) is 22.8 Å². The van der Waals surface area contributed by atoms with Crippen LogP contribution in [0.15, 0.2) is 96.2 Å². The smallest absolute Gasteiger partial charge is 0.416 e. The number of fused-ring (bicyclic) bond motifs is 1. The van der Waals surface area contributed by atoms with Crippen LogP contribution in [0.4, 0.5) is 18.9 Å². The Bertz CT molecular complexity index is 1660. The van der Waals surface area contributed by atoms with Crippen LogP contribution >= 0.6 is 0 Å². The van der Waals surface area contributed by atoms with Gasteiger partial charge in [-0.1, -0.05) is 36.4 Å². The molecule has 3 aromatic carbocycles. The highest BCUT2D eigenvalue weighted by Crippen LogP contribution is 2.39. The standard InChI is InChI=1S/C29H24F3N3O4S/c30-29(31,32)23-6-3-5-19(17-23)20-8-9-27(22(16-20)12-15-39-24-10-13-34-14-11-24)40(37,38)35-25-7-2-1-4-21(25)18-26(35)28(33)36/h1-11,13-14,16-17,26H,12,15,18H2,(H2,33,36)/t26-/m0/s1. The van der Waals surface area contributed by atoms with E-state index >= 15 is 0 Å². The van der Waals surface area contributed by atoms with Gasteiger partial charge in [0.1, 0.15) is 11.8 Å². The van der Waals surface area contributed by atoms with E-state index < -0.39 is 33.7 Å². The highest BCUT2D eigenvalue weighted by molar-refractivity contribution is 7.93. The first-order valence-corrected chi connectivity index (χ1v) is 13.7. The second kappa shape index (κ2) is 10.6. The largest absolute Gasteiger partial charge is 0.493 e. The zero-order valence-corrected chi connectivity index (χ0v) is 21.8. The van der Waals surface area contributed by atoms with E-state index in [1.165, 1.54) is 24.3 Å². The number of hydrogen-bond acceptors (Lipinski definition) is 5. The van der Waals surface area contributed by atoms with E-state index in [4.69, 9.17) is 10.5 Å². The van der Waals surface area contributed by atoms with Crippen molar-refractivity contribution in [2.45, 2.75) is 30.0 Å². The molecule has 0 bridgehead atoms. The highest BCUT2D eigenvalue weighted by Gasteiger charge is 2.42. The number of benzene rings is 3. The second-order valence-corrected chi connectivity index (χ2v) is 11.0. The fourth-order valence-corrected chi connectivity index (χ4v) is 6.67. The van der Waals surface area contributed by atoms with Gasteiger partial charge in [-0.3, -0.25) is 14.1 Å². The maximum atomic E-state index is 14.1. The van der Waals surface area contributed by atoms with Crippen LogP contribution < -0.4 is 14.8 Å². The minimum atomic E-state index is -4.53. The lowest BCUT2D eigenvalue weighted by Crippen LogP contribution is -2.46. The summed E-state index contributed by atoms with van der Waals surface area (Å²) in [7, 11) is -4.32. The molecular weight excluding hydrogens is 543 g/mol. The van der Waals surface area contributed by atoms with Crippen molar-refractivity contribution < 1.29 is 31.1 Å². The number of amides is 1. The van der Waals surface area contributed by atoms with Crippen molar-refractivity contribution >= 4 is 21.6 Å². The van der Waals surface area contributed by atoms with E-state index in [0.29, 0.717) is 28.1 Å². The lowest BCUT2D eigenvalue weighted by Gasteiger charge is -2.26. The minimum absolute atomic E-state index is 0.0778. The topological polar surface area (TPSA) is 103 Å². The van der Waals surface area contributed by atoms with Crippen molar-refractivity contribution in [2.24, 2.45) is 5.73 Å². The maximum absolute atomic E-state index is 14.1. The third-order valence-electron chi connectivity index (χ3n) is 6.66. The molecule has 5 rings (SSSR count). The van der Waals surface area contributed by atoms with Crippen LogP contribution in [-0.4, -0.2) is 32.0 Å². The summed E-state index contributed by atoms with van der Waals surface area (Å²) < 4.78 is 75.1. The number of nitrogens with two attached hydrogens (primary N) is 1. The van der Waals surface area contributed by atoms with Crippen LogP contribution in [0.5, 0.6) is 5.75 Å². The molecule has 0 saturated heterocycles. The van der Waals surface area contributed by atoms with Gasteiger partial charge in [-0.05, 0) is 64.7 Å². The fourth-order valence-electron chi connectivity index (χ4n) is 4.77. The van der Waals surface area contributed by atoms with E-state index in [2.05, 4.69) is 4.98 Å². The number of aromatic nitrogens is 1. The lowest BCUT2D eigenvalue weighted by atomic mass is 10.00. The molecule has 0 spiro atoms. The number of carbonyl (C=O) groups excluding carboxylic acids is 1. The van der Waals surface area contributed by atoms with Crippen LogP contribution in [0.2, 0.25) is 0 Å². The molecule has 2 heterocycles. The number of alkyl halides is 3. The molecule has 0 fully saturated rings. The van der Waals surface area contributed by atoms with Crippen molar-refractivity contribution in [3.8, 4) is 16.9 Å². The lowest BCUT2D eigenvalue weighted by molar-refractivity contribution is -0.137.